The lowest BCUT2D eigenvalue weighted by atomic mass is 9.95. The number of rotatable bonds is 5. The normalized spacial score (nSPS) is 14.8. The standard InChI is InChI=1S/C21H24FN3O3/c1-14(2)28-21(27)18-4-3-11-23-19(18)25-12-9-15(10-13-25)20(26)24-17-7-5-16(22)6-8-17/h3-8,11,14-15H,9-10,12-13H2,1-2H3,(H,24,26). The van der Waals surface area contributed by atoms with Crippen LogP contribution in [0.15, 0.2) is 42.6 Å². The van der Waals surface area contributed by atoms with Gasteiger partial charge in [-0.3, -0.25) is 4.79 Å². The molecule has 1 amide bonds. The molecule has 1 N–H and O–H groups in total. The molecule has 148 valence electrons. The Morgan fingerprint density at radius 3 is 2.50 bits per heavy atom. The van der Waals surface area contributed by atoms with Crippen molar-refractivity contribution in [3.63, 3.8) is 0 Å². The summed E-state index contributed by atoms with van der Waals surface area (Å²) in [5.41, 5.74) is 1.02. The number of esters is 1. The number of piperidine rings is 1. The van der Waals surface area contributed by atoms with Gasteiger partial charge in [-0.05, 0) is 63.1 Å². The molecule has 3 rings (SSSR count). The number of carbonyl (C=O) groups is 2. The van der Waals surface area contributed by atoms with Gasteiger partial charge in [0.25, 0.3) is 0 Å². The minimum atomic E-state index is -0.394. The van der Waals surface area contributed by atoms with E-state index in [0.29, 0.717) is 43.0 Å². The van der Waals surface area contributed by atoms with Crippen molar-refractivity contribution < 1.29 is 18.7 Å². The number of aromatic nitrogens is 1. The molecule has 1 fully saturated rings. The van der Waals surface area contributed by atoms with Crippen LogP contribution in [0.5, 0.6) is 0 Å². The van der Waals surface area contributed by atoms with Crippen LogP contribution >= 0.6 is 0 Å². The molecule has 1 saturated heterocycles. The molecule has 2 heterocycles. The van der Waals surface area contributed by atoms with Crippen LogP contribution in [-0.4, -0.2) is 36.1 Å². The first-order valence-electron chi connectivity index (χ1n) is 9.41. The number of amides is 1. The number of nitrogens with zero attached hydrogens (tertiary/aromatic N) is 2. The number of hydrogen-bond acceptors (Lipinski definition) is 5. The summed E-state index contributed by atoms with van der Waals surface area (Å²) in [6.07, 6.45) is 2.72. The van der Waals surface area contributed by atoms with E-state index < -0.39 is 5.97 Å². The molecule has 2 aromatic rings. The van der Waals surface area contributed by atoms with E-state index in [1.54, 1.807) is 44.3 Å². The van der Waals surface area contributed by atoms with Crippen molar-refractivity contribution in [3.8, 4) is 0 Å². The van der Waals surface area contributed by atoms with Gasteiger partial charge in [0.15, 0.2) is 0 Å². The van der Waals surface area contributed by atoms with E-state index in [4.69, 9.17) is 4.74 Å². The predicted octanol–water partition coefficient (Wildman–Crippen LogP) is 3.64. The number of ether oxygens (including phenoxy) is 1. The summed E-state index contributed by atoms with van der Waals surface area (Å²) >= 11 is 0. The molecule has 6 nitrogen and oxygen atoms in total. The summed E-state index contributed by atoms with van der Waals surface area (Å²) in [6.45, 7) is 4.83. The average molecular weight is 385 g/mol. The molecule has 0 aliphatic carbocycles. The lowest BCUT2D eigenvalue weighted by Crippen LogP contribution is -2.39. The molecular formula is C21H24FN3O3. The summed E-state index contributed by atoms with van der Waals surface area (Å²) in [7, 11) is 0. The number of halogens is 1. The molecule has 1 aromatic carbocycles. The minimum absolute atomic E-state index is 0.0771. The Morgan fingerprint density at radius 2 is 1.86 bits per heavy atom. The largest absolute Gasteiger partial charge is 0.459 e. The number of nitrogens with one attached hydrogen (secondary N) is 1. The van der Waals surface area contributed by atoms with Gasteiger partial charge in [-0.15, -0.1) is 0 Å². The van der Waals surface area contributed by atoms with E-state index in [1.807, 2.05) is 4.90 Å². The molecule has 1 aliphatic rings. The summed E-state index contributed by atoms with van der Waals surface area (Å²) in [5, 5.41) is 2.83. The second-order valence-corrected chi connectivity index (χ2v) is 7.09. The van der Waals surface area contributed by atoms with Crippen molar-refractivity contribution in [2.45, 2.75) is 32.8 Å². The molecule has 0 saturated carbocycles. The van der Waals surface area contributed by atoms with Crippen LogP contribution in [-0.2, 0) is 9.53 Å². The Hall–Kier alpha value is -2.96. The zero-order valence-corrected chi connectivity index (χ0v) is 16.0. The van der Waals surface area contributed by atoms with Gasteiger partial charge in [0, 0.05) is 30.9 Å². The van der Waals surface area contributed by atoms with Gasteiger partial charge in [-0.2, -0.15) is 0 Å². The molecule has 0 spiro atoms. The number of benzene rings is 1. The molecule has 0 atom stereocenters. The highest BCUT2D eigenvalue weighted by molar-refractivity contribution is 5.95. The van der Waals surface area contributed by atoms with Crippen LogP contribution in [0.1, 0.15) is 37.0 Å². The van der Waals surface area contributed by atoms with Crippen LogP contribution in [0.3, 0.4) is 0 Å². The molecule has 0 bridgehead atoms. The maximum Gasteiger partial charge on any atom is 0.342 e. The van der Waals surface area contributed by atoms with Crippen molar-refractivity contribution >= 4 is 23.4 Å². The number of hydrogen-bond donors (Lipinski definition) is 1. The first-order valence-corrected chi connectivity index (χ1v) is 9.41. The monoisotopic (exact) mass is 385 g/mol. The second kappa shape index (κ2) is 8.82. The Kier molecular flexibility index (Phi) is 6.23. The first-order chi connectivity index (χ1) is 13.4. The Balaban J connectivity index is 1.62. The Bertz CT molecular complexity index is 831. The molecule has 1 aliphatic heterocycles. The number of pyridine rings is 1. The lowest BCUT2D eigenvalue weighted by Gasteiger charge is -2.33. The first kappa shape index (κ1) is 19.8. The van der Waals surface area contributed by atoms with E-state index in [1.165, 1.54) is 12.1 Å². The quantitative estimate of drug-likeness (QED) is 0.796. The third kappa shape index (κ3) is 4.85. The van der Waals surface area contributed by atoms with Crippen molar-refractivity contribution in [3.05, 3.63) is 54.0 Å². The van der Waals surface area contributed by atoms with Gasteiger partial charge in [-0.1, -0.05) is 0 Å². The molecule has 0 unspecified atom stereocenters. The molecule has 28 heavy (non-hydrogen) atoms. The topological polar surface area (TPSA) is 71.5 Å². The highest BCUT2D eigenvalue weighted by Crippen LogP contribution is 2.26. The van der Waals surface area contributed by atoms with Crippen LogP contribution in [0.25, 0.3) is 0 Å². The maximum atomic E-state index is 13.0. The average Bonchev–Trinajstić information content (AvgIpc) is 2.69. The van der Waals surface area contributed by atoms with Crippen LogP contribution < -0.4 is 10.2 Å². The maximum absolute atomic E-state index is 13.0. The number of anilines is 2. The zero-order valence-electron chi connectivity index (χ0n) is 16.0. The Morgan fingerprint density at radius 1 is 1.18 bits per heavy atom. The third-order valence-electron chi connectivity index (χ3n) is 4.63. The fraction of sp³-hybridized carbons (Fsp3) is 0.381. The third-order valence-corrected chi connectivity index (χ3v) is 4.63. The fourth-order valence-corrected chi connectivity index (χ4v) is 3.22. The second-order valence-electron chi connectivity index (χ2n) is 7.09. The van der Waals surface area contributed by atoms with Crippen molar-refractivity contribution in [1.29, 1.82) is 0 Å². The van der Waals surface area contributed by atoms with Gasteiger partial charge >= 0.3 is 5.97 Å². The Labute approximate surface area is 163 Å². The molecule has 0 radical (unpaired) electrons. The zero-order chi connectivity index (χ0) is 20.1. The van der Waals surface area contributed by atoms with E-state index in [2.05, 4.69) is 10.3 Å². The summed E-state index contributed by atoms with van der Waals surface area (Å²) in [5.74, 6) is -0.365. The van der Waals surface area contributed by atoms with Gasteiger partial charge < -0.3 is 15.0 Å². The van der Waals surface area contributed by atoms with Gasteiger partial charge in [0.2, 0.25) is 5.91 Å². The van der Waals surface area contributed by atoms with E-state index in [-0.39, 0.29) is 23.7 Å². The van der Waals surface area contributed by atoms with E-state index in [9.17, 15) is 14.0 Å². The molecular weight excluding hydrogens is 361 g/mol. The van der Waals surface area contributed by atoms with Crippen LogP contribution in [0.2, 0.25) is 0 Å². The van der Waals surface area contributed by atoms with Gasteiger partial charge in [0.1, 0.15) is 17.2 Å². The summed E-state index contributed by atoms with van der Waals surface area (Å²) in [4.78, 5) is 31.2. The van der Waals surface area contributed by atoms with E-state index in [0.717, 1.165) is 0 Å². The van der Waals surface area contributed by atoms with Crippen LogP contribution in [0, 0.1) is 11.7 Å². The summed E-state index contributed by atoms with van der Waals surface area (Å²) in [6, 6.07) is 9.14. The van der Waals surface area contributed by atoms with Gasteiger partial charge in [0.05, 0.1) is 6.10 Å². The summed E-state index contributed by atoms with van der Waals surface area (Å²) < 4.78 is 18.3. The smallest absolute Gasteiger partial charge is 0.342 e. The van der Waals surface area contributed by atoms with Crippen molar-refractivity contribution in [2.75, 3.05) is 23.3 Å². The fourth-order valence-electron chi connectivity index (χ4n) is 3.22. The predicted molar refractivity (Wildman–Crippen MR) is 105 cm³/mol. The van der Waals surface area contributed by atoms with Crippen molar-refractivity contribution in [2.24, 2.45) is 5.92 Å². The molecule has 1 aromatic heterocycles. The van der Waals surface area contributed by atoms with Crippen molar-refractivity contribution in [1.82, 2.24) is 4.98 Å². The van der Waals surface area contributed by atoms with Gasteiger partial charge in [-0.25, -0.2) is 14.2 Å². The highest BCUT2D eigenvalue weighted by atomic mass is 19.1. The van der Waals surface area contributed by atoms with Crippen LogP contribution in [0.4, 0.5) is 15.9 Å². The SMILES string of the molecule is CC(C)OC(=O)c1cccnc1N1CCC(C(=O)Nc2ccc(F)cc2)CC1. The van der Waals surface area contributed by atoms with E-state index >= 15 is 0 Å². The highest BCUT2D eigenvalue weighted by Gasteiger charge is 2.28. The minimum Gasteiger partial charge on any atom is -0.459 e. The molecule has 7 heteroatoms. The lowest BCUT2D eigenvalue weighted by molar-refractivity contribution is -0.120. The number of carbonyl (C=O) groups excluding carboxylic acids is 2.